The van der Waals surface area contributed by atoms with E-state index in [1.165, 1.54) is 30.3 Å². The number of para-hydroxylation sites is 1. The van der Waals surface area contributed by atoms with Gasteiger partial charge in [-0.25, -0.2) is 9.69 Å². The molecule has 9 nitrogen and oxygen atoms in total. The van der Waals surface area contributed by atoms with Gasteiger partial charge in [0, 0.05) is 0 Å². The molecule has 0 spiro atoms. The first-order valence-electron chi connectivity index (χ1n) is 11.0. The van der Waals surface area contributed by atoms with Crippen LogP contribution in [0.2, 0.25) is 0 Å². The predicted octanol–water partition coefficient (Wildman–Crippen LogP) is 4.59. The molecular formula is C26H21BrN2O7S. The molecule has 1 saturated heterocycles. The number of hydrogen-bond acceptors (Lipinski definition) is 7. The molecule has 1 fully saturated rings. The van der Waals surface area contributed by atoms with E-state index in [1.807, 2.05) is 6.92 Å². The van der Waals surface area contributed by atoms with Crippen LogP contribution < -0.4 is 19.1 Å². The maximum absolute atomic E-state index is 13.1. The second-order valence-corrected chi connectivity index (χ2v) is 10.3. The number of anilines is 1. The van der Waals surface area contributed by atoms with Gasteiger partial charge in [0.2, 0.25) is 0 Å². The van der Waals surface area contributed by atoms with Crippen LogP contribution in [0.15, 0.2) is 81.7 Å². The molecule has 3 aromatic carbocycles. The fourth-order valence-corrected chi connectivity index (χ4v) is 5.12. The standard InChI is InChI=1S/C26H21BrN2O7S/c1-3-35-22-15-17(14-21(27)23(22)36-37(33,34)19-11-9-16(2)10-12-19)13-20-24(30)28-26(32)29(25(20)31)18-7-5-4-6-8-18/h4-15H,3H2,1-2H3,(H,28,30,32)/b20-13+. The van der Waals surface area contributed by atoms with Crippen LogP contribution >= 0.6 is 15.9 Å². The lowest BCUT2D eigenvalue weighted by Gasteiger charge is -2.26. The fourth-order valence-electron chi connectivity index (χ4n) is 3.51. The zero-order chi connectivity index (χ0) is 26.7. The van der Waals surface area contributed by atoms with Gasteiger partial charge >= 0.3 is 16.1 Å². The molecule has 0 radical (unpaired) electrons. The summed E-state index contributed by atoms with van der Waals surface area (Å²) >= 11 is 3.31. The Labute approximate surface area is 221 Å². The first-order chi connectivity index (χ1) is 17.6. The molecular weight excluding hydrogens is 564 g/mol. The Kier molecular flexibility index (Phi) is 7.46. The van der Waals surface area contributed by atoms with Crippen molar-refractivity contribution in [3.8, 4) is 11.5 Å². The highest BCUT2D eigenvalue weighted by atomic mass is 79.9. The average Bonchev–Trinajstić information content (AvgIpc) is 2.85. The summed E-state index contributed by atoms with van der Waals surface area (Å²) in [6.07, 6.45) is 1.28. The van der Waals surface area contributed by atoms with Gasteiger partial charge in [-0.1, -0.05) is 35.9 Å². The number of barbiturate groups is 1. The molecule has 0 atom stereocenters. The second-order valence-electron chi connectivity index (χ2n) is 7.91. The zero-order valence-electron chi connectivity index (χ0n) is 19.7. The molecule has 4 rings (SSSR count). The number of amides is 4. The number of nitrogens with one attached hydrogen (secondary N) is 1. The number of carbonyl (C=O) groups excluding carboxylic acids is 3. The smallest absolute Gasteiger partial charge is 0.339 e. The van der Waals surface area contributed by atoms with Crippen LogP contribution in [0.5, 0.6) is 11.5 Å². The van der Waals surface area contributed by atoms with Crippen molar-refractivity contribution in [3.63, 3.8) is 0 Å². The summed E-state index contributed by atoms with van der Waals surface area (Å²) in [6, 6.07) is 16.4. The van der Waals surface area contributed by atoms with Crippen molar-refractivity contribution >= 4 is 55.7 Å². The van der Waals surface area contributed by atoms with Gasteiger partial charge in [-0.05, 0) is 77.8 Å². The van der Waals surface area contributed by atoms with E-state index in [-0.39, 0.29) is 33.0 Å². The molecule has 37 heavy (non-hydrogen) atoms. The maximum Gasteiger partial charge on any atom is 0.339 e. The average molecular weight is 585 g/mol. The Morgan fingerprint density at radius 3 is 2.32 bits per heavy atom. The SMILES string of the molecule is CCOc1cc(/C=C2\C(=O)NC(=O)N(c3ccccc3)C2=O)cc(Br)c1OS(=O)(=O)c1ccc(C)cc1. The van der Waals surface area contributed by atoms with Gasteiger partial charge in [-0.2, -0.15) is 8.42 Å². The van der Waals surface area contributed by atoms with E-state index in [0.29, 0.717) is 11.3 Å². The minimum atomic E-state index is -4.18. The van der Waals surface area contributed by atoms with E-state index < -0.39 is 28.0 Å². The molecule has 11 heteroatoms. The second kappa shape index (κ2) is 10.6. The number of imide groups is 2. The van der Waals surface area contributed by atoms with E-state index >= 15 is 0 Å². The Hall–Kier alpha value is -3.96. The number of rotatable bonds is 7. The lowest BCUT2D eigenvalue weighted by atomic mass is 10.1. The Morgan fingerprint density at radius 2 is 1.68 bits per heavy atom. The molecule has 1 aliphatic rings. The minimum Gasteiger partial charge on any atom is -0.490 e. The van der Waals surface area contributed by atoms with Crippen LogP contribution in [0.1, 0.15) is 18.1 Å². The van der Waals surface area contributed by atoms with Crippen LogP contribution in [-0.4, -0.2) is 32.9 Å². The van der Waals surface area contributed by atoms with Gasteiger partial charge in [0.05, 0.1) is 16.8 Å². The minimum absolute atomic E-state index is 0.0335. The number of ether oxygens (including phenoxy) is 1. The Morgan fingerprint density at radius 1 is 1.00 bits per heavy atom. The summed E-state index contributed by atoms with van der Waals surface area (Å²) in [5.41, 5.74) is 1.22. The molecule has 1 heterocycles. The van der Waals surface area contributed by atoms with Crippen molar-refractivity contribution in [2.24, 2.45) is 0 Å². The van der Waals surface area contributed by atoms with Crippen molar-refractivity contribution in [1.82, 2.24) is 5.32 Å². The number of aryl methyl sites for hydroxylation is 1. The monoisotopic (exact) mass is 584 g/mol. The number of carbonyl (C=O) groups is 3. The van der Waals surface area contributed by atoms with Crippen LogP contribution in [0, 0.1) is 6.92 Å². The van der Waals surface area contributed by atoms with Crippen molar-refractivity contribution in [2.45, 2.75) is 18.7 Å². The third-order valence-electron chi connectivity index (χ3n) is 5.26. The van der Waals surface area contributed by atoms with Gasteiger partial charge < -0.3 is 8.92 Å². The molecule has 0 aromatic heterocycles. The highest BCUT2D eigenvalue weighted by molar-refractivity contribution is 9.10. The molecule has 3 aromatic rings. The van der Waals surface area contributed by atoms with Crippen LogP contribution in [0.25, 0.3) is 6.08 Å². The Balaban J connectivity index is 1.72. The van der Waals surface area contributed by atoms with E-state index in [2.05, 4.69) is 21.2 Å². The van der Waals surface area contributed by atoms with Crippen molar-refractivity contribution in [1.29, 1.82) is 0 Å². The van der Waals surface area contributed by atoms with Crippen molar-refractivity contribution in [2.75, 3.05) is 11.5 Å². The normalized spacial score (nSPS) is 15.1. The lowest BCUT2D eigenvalue weighted by molar-refractivity contribution is -0.122. The highest BCUT2D eigenvalue weighted by Gasteiger charge is 2.36. The number of urea groups is 1. The topological polar surface area (TPSA) is 119 Å². The maximum atomic E-state index is 13.1. The molecule has 0 bridgehead atoms. The quantitative estimate of drug-likeness (QED) is 0.245. The third kappa shape index (κ3) is 5.57. The number of benzene rings is 3. The van der Waals surface area contributed by atoms with Gasteiger partial charge in [-0.15, -0.1) is 0 Å². The molecule has 4 amide bonds. The van der Waals surface area contributed by atoms with Crippen molar-refractivity contribution < 1.29 is 31.7 Å². The molecule has 0 saturated carbocycles. The van der Waals surface area contributed by atoms with Crippen LogP contribution in [0.3, 0.4) is 0 Å². The van der Waals surface area contributed by atoms with E-state index in [0.717, 1.165) is 10.5 Å². The molecule has 0 unspecified atom stereocenters. The fraction of sp³-hybridized carbons (Fsp3) is 0.115. The van der Waals surface area contributed by atoms with E-state index in [1.54, 1.807) is 49.4 Å². The van der Waals surface area contributed by atoms with Gasteiger partial charge in [0.1, 0.15) is 10.5 Å². The largest absolute Gasteiger partial charge is 0.490 e. The molecule has 1 N–H and O–H groups in total. The molecule has 1 aliphatic heterocycles. The van der Waals surface area contributed by atoms with Crippen LogP contribution in [0.4, 0.5) is 10.5 Å². The number of halogens is 1. The number of nitrogens with zero attached hydrogens (tertiary/aromatic N) is 1. The van der Waals surface area contributed by atoms with E-state index in [9.17, 15) is 22.8 Å². The van der Waals surface area contributed by atoms with Gasteiger partial charge in [-0.3, -0.25) is 14.9 Å². The van der Waals surface area contributed by atoms with Crippen molar-refractivity contribution in [3.05, 3.63) is 87.9 Å². The summed E-state index contributed by atoms with van der Waals surface area (Å²) in [4.78, 5) is 38.8. The summed E-state index contributed by atoms with van der Waals surface area (Å²) in [5, 5.41) is 2.16. The summed E-state index contributed by atoms with van der Waals surface area (Å²) in [7, 11) is -4.18. The van der Waals surface area contributed by atoms with Gasteiger partial charge in [0.15, 0.2) is 11.5 Å². The lowest BCUT2D eigenvalue weighted by Crippen LogP contribution is -2.54. The first kappa shape index (κ1) is 26.1. The molecule has 190 valence electrons. The zero-order valence-corrected chi connectivity index (χ0v) is 22.1. The number of hydrogen-bond donors (Lipinski definition) is 1. The third-order valence-corrected chi connectivity index (χ3v) is 7.09. The highest BCUT2D eigenvalue weighted by Crippen LogP contribution is 2.39. The summed E-state index contributed by atoms with van der Waals surface area (Å²) < 4.78 is 36.9. The summed E-state index contributed by atoms with van der Waals surface area (Å²) in [6.45, 7) is 3.72. The van der Waals surface area contributed by atoms with Gasteiger partial charge in [0.25, 0.3) is 11.8 Å². The van der Waals surface area contributed by atoms with Crippen LogP contribution in [-0.2, 0) is 19.7 Å². The van der Waals surface area contributed by atoms with E-state index in [4.69, 9.17) is 8.92 Å². The first-order valence-corrected chi connectivity index (χ1v) is 13.2. The predicted molar refractivity (Wildman–Crippen MR) is 140 cm³/mol. The Bertz CT molecular complexity index is 1520. The summed E-state index contributed by atoms with van der Waals surface area (Å²) in [5.74, 6) is -1.70. The molecule has 0 aliphatic carbocycles.